The van der Waals surface area contributed by atoms with E-state index < -0.39 is 0 Å². The Bertz CT molecular complexity index is 423. The van der Waals surface area contributed by atoms with Gasteiger partial charge < -0.3 is 11.1 Å². The Labute approximate surface area is 115 Å². The molecule has 0 saturated heterocycles. The summed E-state index contributed by atoms with van der Waals surface area (Å²) in [5, 5.41) is 3.39. The van der Waals surface area contributed by atoms with Crippen molar-refractivity contribution in [2.24, 2.45) is 11.8 Å². The van der Waals surface area contributed by atoms with E-state index in [1.54, 1.807) is 6.92 Å². The molecule has 2 nitrogen and oxygen atoms in total. The molecule has 1 saturated carbocycles. The van der Waals surface area contributed by atoms with E-state index in [9.17, 15) is 4.39 Å². The normalized spacial score (nSPS) is 23.3. The molecule has 0 radical (unpaired) electrons. The van der Waals surface area contributed by atoms with Crippen molar-refractivity contribution >= 4 is 11.4 Å². The molecule has 1 fully saturated rings. The SMILES string of the molecule is CCC1CCC(CNc2cc(C)c(F)cc2N)CC1. The Morgan fingerprint density at radius 3 is 2.47 bits per heavy atom. The van der Waals surface area contributed by atoms with Crippen molar-refractivity contribution in [3.8, 4) is 0 Å². The Hall–Kier alpha value is -1.25. The van der Waals surface area contributed by atoms with Crippen LogP contribution in [0.4, 0.5) is 15.8 Å². The van der Waals surface area contributed by atoms with E-state index in [0.29, 0.717) is 11.3 Å². The van der Waals surface area contributed by atoms with Gasteiger partial charge in [-0.1, -0.05) is 26.2 Å². The summed E-state index contributed by atoms with van der Waals surface area (Å²) in [5.41, 5.74) is 7.87. The fourth-order valence-corrected chi connectivity index (χ4v) is 2.95. The van der Waals surface area contributed by atoms with Crippen molar-refractivity contribution < 1.29 is 4.39 Å². The minimum absolute atomic E-state index is 0.230. The summed E-state index contributed by atoms with van der Waals surface area (Å²) in [6.45, 7) is 5.00. The molecule has 2 rings (SSSR count). The number of hydrogen-bond acceptors (Lipinski definition) is 2. The molecule has 0 heterocycles. The third kappa shape index (κ3) is 3.62. The molecule has 1 aromatic carbocycles. The predicted molar refractivity (Wildman–Crippen MR) is 79.8 cm³/mol. The molecule has 1 aliphatic rings. The van der Waals surface area contributed by atoms with Crippen molar-refractivity contribution in [3.05, 3.63) is 23.5 Å². The van der Waals surface area contributed by atoms with Gasteiger partial charge in [-0.3, -0.25) is 0 Å². The van der Waals surface area contributed by atoms with E-state index in [-0.39, 0.29) is 5.82 Å². The van der Waals surface area contributed by atoms with Crippen LogP contribution in [0.3, 0.4) is 0 Å². The zero-order chi connectivity index (χ0) is 13.8. The molecule has 1 aromatic rings. The first-order chi connectivity index (χ1) is 9.10. The van der Waals surface area contributed by atoms with Gasteiger partial charge in [-0.2, -0.15) is 0 Å². The minimum atomic E-state index is -0.230. The van der Waals surface area contributed by atoms with Gasteiger partial charge >= 0.3 is 0 Å². The number of halogens is 1. The van der Waals surface area contributed by atoms with Crippen LogP contribution in [0.1, 0.15) is 44.6 Å². The molecular formula is C16H25FN2. The number of nitrogen functional groups attached to an aromatic ring is 1. The third-order valence-electron chi connectivity index (χ3n) is 4.46. The lowest BCUT2D eigenvalue weighted by Gasteiger charge is -2.28. The molecule has 1 aliphatic carbocycles. The summed E-state index contributed by atoms with van der Waals surface area (Å²) in [7, 11) is 0. The third-order valence-corrected chi connectivity index (χ3v) is 4.46. The predicted octanol–water partition coefficient (Wildman–Crippen LogP) is 4.34. The molecule has 0 amide bonds. The molecule has 19 heavy (non-hydrogen) atoms. The second-order valence-electron chi connectivity index (χ2n) is 5.86. The van der Waals surface area contributed by atoms with Gasteiger partial charge in [0.05, 0.1) is 11.4 Å². The van der Waals surface area contributed by atoms with E-state index in [1.807, 2.05) is 6.07 Å². The molecule has 0 unspecified atom stereocenters. The van der Waals surface area contributed by atoms with E-state index in [2.05, 4.69) is 12.2 Å². The van der Waals surface area contributed by atoms with Crippen molar-refractivity contribution in [3.63, 3.8) is 0 Å². The topological polar surface area (TPSA) is 38.0 Å². The van der Waals surface area contributed by atoms with Gasteiger partial charge in [-0.05, 0) is 49.3 Å². The fraction of sp³-hybridized carbons (Fsp3) is 0.625. The number of benzene rings is 1. The number of aryl methyl sites for hydroxylation is 1. The highest BCUT2D eigenvalue weighted by Gasteiger charge is 2.19. The Kier molecular flexibility index (Phi) is 4.67. The fourth-order valence-electron chi connectivity index (χ4n) is 2.95. The zero-order valence-corrected chi connectivity index (χ0v) is 12.0. The van der Waals surface area contributed by atoms with E-state index in [1.165, 1.54) is 38.2 Å². The van der Waals surface area contributed by atoms with Crippen molar-refractivity contribution in [1.82, 2.24) is 0 Å². The molecule has 106 valence electrons. The van der Waals surface area contributed by atoms with Gasteiger partial charge in [-0.15, -0.1) is 0 Å². The summed E-state index contributed by atoms with van der Waals surface area (Å²) in [6.07, 6.45) is 6.60. The van der Waals surface area contributed by atoms with Crippen LogP contribution in [0.2, 0.25) is 0 Å². The Balaban J connectivity index is 1.88. The molecule has 3 N–H and O–H groups in total. The molecule has 0 aliphatic heterocycles. The average Bonchev–Trinajstić information content (AvgIpc) is 2.42. The Morgan fingerprint density at radius 2 is 1.84 bits per heavy atom. The van der Waals surface area contributed by atoms with Crippen LogP contribution in [0.15, 0.2) is 12.1 Å². The quantitative estimate of drug-likeness (QED) is 0.794. The smallest absolute Gasteiger partial charge is 0.128 e. The highest BCUT2D eigenvalue weighted by molar-refractivity contribution is 5.67. The van der Waals surface area contributed by atoms with Gasteiger partial charge in [0, 0.05) is 6.54 Å². The van der Waals surface area contributed by atoms with Gasteiger partial charge in [0.1, 0.15) is 5.82 Å². The van der Waals surface area contributed by atoms with Gasteiger partial charge in [0.15, 0.2) is 0 Å². The first-order valence-electron chi connectivity index (χ1n) is 7.39. The van der Waals surface area contributed by atoms with E-state index in [0.717, 1.165) is 24.1 Å². The molecule has 0 spiro atoms. The molecule has 0 atom stereocenters. The molecule has 3 heteroatoms. The maximum atomic E-state index is 13.3. The molecular weight excluding hydrogens is 239 g/mol. The van der Waals surface area contributed by atoms with Gasteiger partial charge in [0.2, 0.25) is 0 Å². The average molecular weight is 264 g/mol. The molecule has 0 aromatic heterocycles. The van der Waals surface area contributed by atoms with Crippen molar-refractivity contribution in [2.45, 2.75) is 46.0 Å². The highest BCUT2D eigenvalue weighted by Crippen LogP contribution is 2.31. The maximum Gasteiger partial charge on any atom is 0.128 e. The summed E-state index contributed by atoms with van der Waals surface area (Å²) >= 11 is 0. The lowest BCUT2D eigenvalue weighted by atomic mass is 9.81. The van der Waals surface area contributed by atoms with Crippen LogP contribution >= 0.6 is 0 Å². The van der Waals surface area contributed by atoms with Crippen LogP contribution in [0.25, 0.3) is 0 Å². The largest absolute Gasteiger partial charge is 0.397 e. The maximum absolute atomic E-state index is 13.3. The van der Waals surface area contributed by atoms with Crippen molar-refractivity contribution in [1.29, 1.82) is 0 Å². The van der Waals surface area contributed by atoms with Crippen LogP contribution < -0.4 is 11.1 Å². The van der Waals surface area contributed by atoms with Gasteiger partial charge in [0.25, 0.3) is 0 Å². The first kappa shape index (κ1) is 14.2. The number of rotatable bonds is 4. The van der Waals surface area contributed by atoms with Crippen LogP contribution in [0.5, 0.6) is 0 Å². The first-order valence-corrected chi connectivity index (χ1v) is 7.39. The number of hydrogen-bond donors (Lipinski definition) is 2. The number of anilines is 2. The van der Waals surface area contributed by atoms with Gasteiger partial charge in [-0.25, -0.2) is 4.39 Å². The lowest BCUT2D eigenvalue weighted by molar-refractivity contribution is 0.278. The number of nitrogens with one attached hydrogen (secondary N) is 1. The second-order valence-corrected chi connectivity index (χ2v) is 5.86. The van der Waals surface area contributed by atoms with Crippen LogP contribution in [-0.4, -0.2) is 6.54 Å². The minimum Gasteiger partial charge on any atom is -0.397 e. The standard InChI is InChI=1S/C16H25FN2/c1-3-12-4-6-13(7-5-12)10-19-16-8-11(2)14(17)9-15(16)18/h8-9,12-13,19H,3-7,10,18H2,1-2H3. The second kappa shape index (κ2) is 6.27. The molecule has 0 bridgehead atoms. The Morgan fingerprint density at radius 1 is 1.21 bits per heavy atom. The van der Waals surface area contributed by atoms with Crippen LogP contribution in [-0.2, 0) is 0 Å². The van der Waals surface area contributed by atoms with Crippen molar-refractivity contribution in [2.75, 3.05) is 17.6 Å². The monoisotopic (exact) mass is 264 g/mol. The van der Waals surface area contributed by atoms with E-state index in [4.69, 9.17) is 5.73 Å². The zero-order valence-electron chi connectivity index (χ0n) is 12.0. The number of nitrogens with two attached hydrogens (primary N) is 1. The highest BCUT2D eigenvalue weighted by atomic mass is 19.1. The van der Waals surface area contributed by atoms with Crippen LogP contribution in [0, 0.1) is 24.6 Å². The summed E-state index contributed by atoms with van der Waals surface area (Å²) in [5.74, 6) is 1.42. The summed E-state index contributed by atoms with van der Waals surface area (Å²) in [6, 6.07) is 3.22. The summed E-state index contributed by atoms with van der Waals surface area (Å²) < 4.78 is 13.3. The van der Waals surface area contributed by atoms with E-state index >= 15 is 0 Å². The lowest BCUT2D eigenvalue weighted by Crippen LogP contribution is -2.21. The summed E-state index contributed by atoms with van der Waals surface area (Å²) in [4.78, 5) is 0.